The normalized spacial score (nSPS) is 17.2. The van der Waals surface area contributed by atoms with E-state index in [9.17, 15) is 4.79 Å². The zero-order valence-corrected chi connectivity index (χ0v) is 10.6. The van der Waals surface area contributed by atoms with Gasteiger partial charge in [0.15, 0.2) is 0 Å². The minimum atomic E-state index is 0.149. The summed E-state index contributed by atoms with van der Waals surface area (Å²) >= 11 is 0. The van der Waals surface area contributed by atoms with E-state index in [-0.39, 0.29) is 5.91 Å². The minimum absolute atomic E-state index is 0.149. The van der Waals surface area contributed by atoms with Crippen molar-refractivity contribution in [2.75, 3.05) is 38.2 Å². The third kappa shape index (κ3) is 3.07. The number of likely N-dealkylation sites (N-methyl/N-ethyl adjacent to an activating group) is 1. The van der Waals surface area contributed by atoms with Gasteiger partial charge in [0.25, 0.3) is 0 Å². The molecule has 0 bridgehead atoms. The second kappa shape index (κ2) is 5.95. The van der Waals surface area contributed by atoms with E-state index in [4.69, 9.17) is 5.90 Å². The van der Waals surface area contributed by atoms with E-state index in [0.29, 0.717) is 13.2 Å². The van der Waals surface area contributed by atoms with Gasteiger partial charge in [-0.3, -0.25) is 9.69 Å². The minimum Gasteiger partial charge on any atom is -0.310 e. The van der Waals surface area contributed by atoms with E-state index in [1.807, 2.05) is 41.1 Å². The molecule has 0 aliphatic carbocycles. The second-order valence-corrected chi connectivity index (χ2v) is 4.57. The smallest absolute Gasteiger partial charge is 0.241 e. The third-order valence-electron chi connectivity index (χ3n) is 3.14. The molecular formula is C13H19N3O2. The number of amides is 1. The van der Waals surface area contributed by atoms with Crippen LogP contribution in [0.3, 0.4) is 0 Å². The first-order valence-corrected chi connectivity index (χ1v) is 6.10. The lowest BCUT2D eigenvalue weighted by atomic mass is 10.1. The summed E-state index contributed by atoms with van der Waals surface area (Å²) in [4.78, 5) is 20.4. The van der Waals surface area contributed by atoms with Crippen molar-refractivity contribution < 1.29 is 9.63 Å². The van der Waals surface area contributed by atoms with Crippen molar-refractivity contribution in [1.29, 1.82) is 0 Å². The van der Waals surface area contributed by atoms with Crippen LogP contribution in [0.5, 0.6) is 0 Å². The first-order chi connectivity index (χ1) is 8.70. The number of anilines is 1. The van der Waals surface area contributed by atoms with Crippen molar-refractivity contribution in [2.45, 2.75) is 6.42 Å². The van der Waals surface area contributed by atoms with Crippen LogP contribution in [0.4, 0.5) is 5.69 Å². The van der Waals surface area contributed by atoms with E-state index < -0.39 is 0 Å². The van der Waals surface area contributed by atoms with Crippen LogP contribution in [0.2, 0.25) is 0 Å². The van der Waals surface area contributed by atoms with Crippen LogP contribution in [0.15, 0.2) is 24.3 Å². The molecule has 0 saturated carbocycles. The summed E-state index contributed by atoms with van der Waals surface area (Å²) in [7, 11) is 1.96. The van der Waals surface area contributed by atoms with Crippen LogP contribution >= 0.6 is 0 Å². The molecule has 0 unspecified atom stereocenters. The van der Waals surface area contributed by atoms with Crippen molar-refractivity contribution in [3.05, 3.63) is 29.8 Å². The van der Waals surface area contributed by atoms with Crippen LogP contribution in [-0.2, 0) is 16.1 Å². The molecule has 0 radical (unpaired) electrons. The summed E-state index contributed by atoms with van der Waals surface area (Å²) in [5.74, 6) is 5.17. The number of carbonyl (C=O) groups excluding carboxylic acids is 1. The Morgan fingerprint density at radius 3 is 2.94 bits per heavy atom. The Morgan fingerprint density at radius 1 is 1.39 bits per heavy atom. The highest BCUT2D eigenvalue weighted by Gasteiger charge is 2.22. The summed E-state index contributed by atoms with van der Waals surface area (Å²) in [6.07, 6.45) is 0.756. The highest BCUT2D eigenvalue weighted by Crippen LogP contribution is 2.18. The quantitative estimate of drug-likeness (QED) is 0.785. The molecule has 18 heavy (non-hydrogen) atoms. The van der Waals surface area contributed by atoms with Gasteiger partial charge in [0.1, 0.15) is 0 Å². The largest absolute Gasteiger partial charge is 0.310 e. The van der Waals surface area contributed by atoms with Crippen molar-refractivity contribution >= 4 is 11.6 Å². The number of nitrogens with two attached hydrogens (primary N) is 1. The molecule has 1 aliphatic heterocycles. The van der Waals surface area contributed by atoms with E-state index in [1.165, 1.54) is 0 Å². The van der Waals surface area contributed by atoms with Crippen molar-refractivity contribution in [3.8, 4) is 0 Å². The topological polar surface area (TPSA) is 58.8 Å². The summed E-state index contributed by atoms with van der Waals surface area (Å²) in [5, 5.41) is 0. The Bertz CT molecular complexity index is 422. The average Bonchev–Trinajstić information content (AvgIpc) is 2.36. The number of hydrogen-bond donors (Lipinski definition) is 1. The number of benzene rings is 1. The van der Waals surface area contributed by atoms with Crippen molar-refractivity contribution in [3.63, 3.8) is 0 Å². The van der Waals surface area contributed by atoms with E-state index >= 15 is 0 Å². The van der Waals surface area contributed by atoms with Crippen molar-refractivity contribution in [2.24, 2.45) is 5.90 Å². The number of carbonyl (C=O) groups is 1. The molecular weight excluding hydrogens is 230 g/mol. The molecule has 0 aromatic heterocycles. The predicted molar refractivity (Wildman–Crippen MR) is 70.1 cm³/mol. The van der Waals surface area contributed by atoms with Crippen molar-refractivity contribution in [1.82, 2.24) is 4.90 Å². The van der Waals surface area contributed by atoms with Crippen LogP contribution in [-0.4, -0.2) is 44.1 Å². The summed E-state index contributed by atoms with van der Waals surface area (Å²) in [5.41, 5.74) is 2.09. The Hall–Kier alpha value is -1.43. The number of rotatable bonds is 4. The first kappa shape index (κ1) is 13.0. The third-order valence-corrected chi connectivity index (χ3v) is 3.14. The van der Waals surface area contributed by atoms with Crippen LogP contribution in [0, 0.1) is 0 Å². The van der Waals surface area contributed by atoms with E-state index in [0.717, 1.165) is 30.8 Å². The van der Waals surface area contributed by atoms with Gasteiger partial charge in [0.05, 0.1) is 13.2 Å². The fourth-order valence-corrected chi connectivity index (χ4v) is 2.12. The Labute approximate surface area is 107 Å². The summed E-state index contributed by atoms with van der Waals surface area (Å²) in [6.45, 7) is 2.62. The molecule has 1 aromatic rings. The maximum Gasteiger partial charge on any atom is 0.241 e. The van der Waals surface area contributed by atoms with Gasteiger partial charge in [-0.1, -0.05) is 12.1 Å². The fraction of sp³-hybridized carbons (Fsp3) is 0.462. The highest BCUT2D eigenvalue weighted by molar-refractivity contribution is 5.95. The van der Waals surface area contributed by atoms with Gasteiger partial charge in [0, 0.05) is 18.8 Å². The van der Waals surface area contributed by atoms with Gasteiger partial charge in [0.2, 0.25) is 5.91 Å². The zero-order valence-electron chi connectivity index (χ0n) is 10.6. The molecule has 1 aliphatic rings. The zero-order chi connectivity index (χ0) is 13.0. The lowest BCUT2D eigenvalue weighted by Gasteiger charge is -2.32. The molecule has 1 amide bonds. The average molecular weight is 249 g/mol. The monoisotopic (exact) mass is 249 g/mol. The second-order valence-electron chi connectivity index (χ2n) is 4.57. The SMILES string of the molecule is CN1CCN(c2cccc(CCON)c2)C(=O)C1. The predicted octanol–water partition coefficient (Wildman–Crippen LogP) is 0.398. The molecule has 98 valence electrons. The molecule has 5 nitrogen and oxygen atoms in total. The van der Waals surface area contributed by atoms with Crippen LogP contribution < -0.4 is 10.8 Å². The Morgan fingerprint density at radius 2 is 2.22 bits per heavy atom. The molecule has 1 aromatic carbocycles. The maximum atomic E-state index is 12.0. The van der Waals surface area contributed by atoms with Crippen LogP contribution in [0.25, 0.3) is 0 Å². The van der Waals surface area contributed by atoms with Gasteiger partial charge in [-0.25, -0.2) is 5.90 Å². The number of piperazine rings is 1. The van der Waals surface area contributed by atoms with Crippen LogP contribution in [0.1, 0.15) is 5.56 Å². The van der Waals surface area contributed by atoms with Gasteiger partial charge in [-0.05, 0) is 31.2 Å². The first-order valence-electron chi connectivity index (χ1n) is 6.10. The van der Waals surface area contributed by atoms with Gasteiger partial charge < -0.3 is 9.74 Å². The summed E-state index contributed by atoms with van der Waals surface area (Å²) < 4.78 is 0. The lowest BCUT2D eigenvalue weighted by Crippen LogP contribution is -2.48. The molecule has 1 saturated heterocycles. The Kier molecular flexibility index (Phi) is 4.30. The molecule has 2 rings (SSSR count). The maximum absolute atomic E-state index is 12.0. The molecule has 2 N–H and O–H groups in total. The standard InChI is InChI=1S/C13H19N3O2/c1-15-6-7-16(13(17)10-15)12-4-2-3-11(9-12)5-8-18-14/h2-4,9H,5-8,10,14H2,1H3. The molecule has 0 atom stereocenters. The highest BCUT2D eigenvalue weighted by atomic mass is 16.6. The fourth-order valence-electron chi connectivity index (χ4n) is 2.12. The molecule has 5 heteroatoms. The van der Waals surface area contributed by atoms with Gasteiger partial charge in [-0.2, -0.15) is 0 Å². The molecule has 1 fully saturated rings. The van der Waals surface area contributed by atoms with E-state index in [2.05, 4.69) is 4.84 Å². The molecule has 0 spiro atoms. The number of nitrogens with zero attached hydrogens (tertiary/aromatic N) is 2. The van der Waals surface area contributed by atoms with E-state index in [1.54, 1.807) is 0 Å². The number of hydrogen-bond acceptors (Lipinski definition) is 4. The molecule has 1 heterocycles. The Balaban J connectivity index is 2.10. The lowest BCUT2D eigenvalue weighted by molar-refractivity contribution is -0.120. The summed E-state index contributed by atoms with van der Waals surface area (Å²) in [6, 6.07) is 7.98. The van der Waals surface area contributed by atoms with Gasteiger partial charge in [-0.15, -0.1) is 0 Å². The van der Waals surface area contributed by atoms with Gasteiger partial charge >= 0.3 is 0 Å².